The number of carbonyl (C=O) groups excluding carboxylic acids is 1. The van der Waals surface area contributed by atoms with Crippen LogP contribution in [0.25, 0.3) is 6.08 Å². The summed E-state index contributed by atoms with van der Waals surface area (Å²) < 4.78 is 44.7. The second-order valence-corrected chi connectivity index (χ2v) is 10.1. The third-order valence-corrected chi connectivity index (χ3v) is 7.51. The van der Waals surface area contributed by atoms with E-state index in [4.69, 9.17) is 9.47 Å². The largest absolute Gasteiger partial charge is 0.493 e. The van der Waals surface area contributed by atoms with Crippen LogP contribution < -0.4 is 9.47 Å². The molecule has 0 bridgehead atoms. The number of hydrogen-bond donors (Lipinski definition) is 0. The van der Waals surface area contributed by atoms with Crippen molar-refractivity contribution in [3.63, 3.8) is 0 Å². The van der Waals surface area contributed by atoms with Crippen molar-refractivity contribution in [2.24, 2.45) is 0 Å². The van der Waals surface area contributed by atoms with Gasteiger partial charge in [0.25, 0.3) is 0 Å². The topological polar surface area (TPSA) is 82.1 Å². The van der Waals surface area contributed by atoms with E-state index in [1.807, 2.05) is 24.3 Å². The van der Waals surface area contributed by atoms with Gasteiger partial charge in [-0.25, -0.2) is 13.2 Å². The number of carbonyl (C=O) groups is 1. The first-order valence-electron chi connectivity index (χ1n) is 10.8. The Morgan fingerprint density at radius 3 is 2.27 bits per heavy atom. The van der Waals surface area contributed by atoms with Crippen molar-refractivity contribution in [1.82, 2.24) is 4.31 Å². The van der Waals surface area contributed by atoms with E-state index in [0.29, 0.717) is 11.5 Å². The molecule has 33 heavy (non-hydrogen) atoms. The molecular formula is C25H31NO6S. The molecule has 0 aromatic heterocycles. The van der Waals surface area contributed by atoms with Crippen LogP contribution in [-0.4, -0.2) is 46.1 Å². The zero-order valence-corrected chi connectivity index (χ0v) is 20.5. The number of methoxy groups -OCH3 is 3. The summed E-state index contributed by atoms with van der Waals surface area (Å²) in [5.41, 5.74) is 2.60. The molecule has 0 radical (unpaired) electrons. The van der Waals surface area contributed by atoms with Crippen LogP contribution in [0.4, 0.5) is 0 Å². The fourth-order valence-electron chi connectivity index (χ4n) is 3.56. The van der Waals surface area contributed by atoms with E-state index >= 15 is 0 Å². The van der Waals surface area contributed by atoms with Crippen LogP contribution in [0.5, 0.6) is 11.5 Å². The molecule has 8 heteroatoms. The Balaban J connectivity index is 2.03. The van der Waals surface area contributed by atoms with Crippen LogP contribution in [0.15, 0.2) is 47.4 Å². The minimum absolute atomic E-state index is 0.000401. The molecule has 1 aliphatic rings. The van der Waals surface area contributed by atoms with Crippen molar-refractivity contribution < 1.29 is 27.4 Å². The van der Waals surface area contributed by atoms with Gasteiger partial charge in [0.2, 0.25) is 10.0 Å². The standard InChI is InChI=1S/C25H31NO6S/c1-17(2)20-9-6-18(7-10-20)16-26(21-11-12-21)33(28,29)23-15-19(8-13-24(27)31-4)14-22(30-3)25(23)32-5/h6-10,13-15,17,21H,11-12,16H2,1-5H3/b13-8-. The molecule has 0 N–H and O–H groups in total. The quantitative estimate of drug-likeness (QED) is 0.377. The molecule has 2 aromatic rings. The van der Waals surface area contributed by atoms with E-state index in [2.05, 4.69) is 18.6 Å². The number of nitrogens with zero attached hydrogens (tertiary/aromatic N) is 1. The summed E-state index contributed by atoms with van der Waals surface area (Å²) in [5, 5.41) is 0. The predicted octanol–water partition coefficient (Wildman–Crippen LogP) is 4.37. The zero-order chi connectivity index (χ0) is 24.2. The molecule has 2 aromatic carbocycles. The van der Waals surface area contributed by atoms with Crippen molar-refractivity contribution >= 4 is 22.1 Å². The highest BCUT2D eigenvalue weighted by Crippen LogP contribution is 2.41. The highest BCUT2D eigenvalue weighted by atomic mass is 32.2. The lowest BCUT2D eigenvalue weighted by Crippen LogP contribution is -2.33. The van der Waals surface area contributed by atoms with Crippen molar-refractivity contribution in [2.75, 3.05) is 21.3 Å². The van der Waals surface area contributed by atoms with Gasteiger partial charge in [0.1, 0.15) is 4.90 Å². The fourth-order valence-corrected chi connectivity index (χ4v) is 5.44. The van der Waals surface area contributed by atoms with Gasteiger partial charge in [-0.2, -0.15) is 4.31 Å². The third kappa shape index (κ3) is 5.75. The van der Waals surface area contributed by atoms with E-state index in [9.17, 15) is 13.2 Å². The number of rotatable bonds is 10. The molecule has 7 nitrogen and oxygen atoms in total. The van der Waals surface area contributed by atoms with Gasteiger partial charge in [0.05, 0.1) is 21.3 Å². The van der Waals surface area contributed by atoms with Gasteiger partial charge in [0.15, 0.2) is 11.5 Å². The van der Waals surface area contributed by atoms with Crippen LogP contribution in [0, 0.1) is 0 Å². The third-order valence-electron chi connectivity index (χ3n) is 5.61. The summed E-state index contributed by atoms with van der Waals surface area (Å²) in [6.07, 6.45) is 4.33. The minimum atomic E-state index is -3.93. The summed E-state index contributed by atoms with van der Waals surface area (Å²) in [6.45, 7) is 4.51. The number of ether oxygens (including phenoxy) is 3. The second kappa shape index (κ2) is 10.4. The van der Waals surface area contributed by atoms with Gasteiger partial charge in [0, 0.05) is 18.7 Å². The van der Waals surface area contributed by atoms with Crippen LogP contribution in [-0.2, 0) is 26.1 Å². The van der Waals surface area contributed by atoms with Crippen molar-refractivity contribution in [3.05, 3.63) is 59.2 Å². The molecule has 0 saturated heterocycles. The molecule has 0 aliphatic heterocycles. The normalized spacial score (nSPS) is 14.2. The fraction of sp³-hybridized carbons (Fsp3) is 0.400. The van der Waals surface area contributed by atoms with Crippen molar-refractivity contribution in [2.45, 2.75) is 50.1 Å². The maximum atomic E-state index is 13.9. The van der Waals surface area contributed by atoms with Gasteiger partial charge in [-0.05, 0) is 53.7 Å². The van der Waals surface area contributed by atoms with Crippen LogP contribution >= 0.6 is 0 Å². The summed E-state index contributed by atoms with van der Waals surface area (Å²) in [5.74, 6) is 0.257. The Morgan fingerprint density at radius 1 is 1.09 bits per heavy atom. The van der Waals surface area contributed by atoms with Gasteiger partial charge >= 0.3 is 5.97 Å². The Bertz CT molecular complexity index is 1120. The molecule has 1 aliphatic carbocycles. The van der Waals surface area contributed by atoms with Crippen LogP contribution in [0.2, 0.25) is 0 Å². The van der Waals surface area contributed by atoms with Gasteiger partial charge in [-0.1, -0.05) is 38.1 Å². The Morgan fingerprint density at radius 2 is 1.76 bits per heavy atom. The Labute approximate surface area is 196 Å². The first-order valence-corrected chi connectivity index (χ1v) is 12.3. The lowest BCUT2D eigenvalue weighted by Gasteiger charge is -2.24. The molecule has 3 rings (SSSR count). The molecule has 1 saturated carbocycles. The second-order valence-electron chi connectivity index (χ2n) is 8.29. The van der Waals surface area contributed by atoms with Crippen molar-refractivity contribution in [1.29, 1.82) is 0 Å². The highest BCUT2D eigenvalue weighted by Gasteiger charge is 2.40. The van der Waals surface area contributed by atoms with Crippen molar-refractivity contribution in [3.8, 4) is 11.5 Å². The summed E-state index contributed by atoms with van der Waals surface area (Å²) in [6, 6.07) is 11.1. The minimum Gasteiger partial charge on any atom is -0.493 e. The van der Waals surface area contributed by atoms with Gasteiger partial charge in [-0.15, -0.1) is 0 Å². The van der Waals surface area contributed by atoms with E-state index in [1.54, 1.807) is 6.07 Å². The number of hydrogen-bond acceptors (Lipinski definition) is 6. The number of esters is 1. The molecule has 0 amide bonds. The molecule has 0 unspecified atom stereocenters. The monoisotopic (exact) mass is 473 g/mol. The molecule has 0 spiro atoms. The maximum Gasteiger partial charge on any atom is 0.330 e. The summed E-state index contributed by atoms with van der Waals surface area (Å²) in [4.78, 5) is 11.5. The smallest absolute Gasteiger partial charge is 0.330 e. The van der Waals surface area contributed by atoms with E-state index in [1.165, 1.54) is 49.4 Å². The lowest BCUT2D eigenvalue weighted by molar-refractivity contribution is -0.134. The molecular weight excluding hydrogens is 442 g/mol. The van der Waals surface area contributed by atoms with Gasteiger partial charge in [-0.3, -0.25) is 0 Å². The average molecular weight is 474 g/mol. The van der Waals surface area contributed by atoms with E-state index in [-0.39, 0.29) is 29.0 Å². The highest BCUT2D eigenvalue weighted by molar-refractivity contribution is 7.89. The SMILES string of the molecule is COC(=O)/C=C\c1cc(OC)c(OC)c(S(=O)(=O)N(Cc2ccc(C(C)C)cc2)C2CC2)c1. The Hall–Kier alpha value is -2.84. The first-order chi connectivity index (χ1) is 15.7. The Kier molecular flexibility index (Phi) is 7.81. The van der Waals surface area contributed by atoms with Gasteiger partial charge < -0.3 is 14.2 Å². The summed E-state index contributed by atoms with van der Waals surface area (Å²) in [7, 11) is 0.201. The molecule has 178 valence electrons. The zero-order valence-electron chi connectivity index (χ0n) is 19.7. The van der Waals surface area contributed by atoms with E-state index in [0.717, 1.165) is 18.4 Å². The molecule has 0 heterocycles. The number of benzene rings is 2. The number of sulfonamides is 1. The first kappa shape index (κ1) is 24.8. The maximum absolute atomic E-state index is 13.9. The van der Waals surface area contributed by atoms with Crippen LogP contribution in [0.1, 0.15) is 49.3 Å². The lowest BCUT2D eigenvalue weighted by atomic mass is 10.0. The molecule has 1 fully saturated rings. The predicted molar refractivity (Wildman–Crippen MR) is 127 cm³/mol. The summed E-state index contributed by atoms with van der Waals surface area (Å²) >= 11 is 0. The van der Waals surface area contributed by atoms with E-state index < -0.39 is 16.0 Å². The molecule has 0 atom stereocenters. The van der Waals surface area contributed by atoms with Crippen LogP contribution in [0.3, 0.4) is 0 Å². The average Bonchev–Trinajstić information content (AvgIpc) is 3.65.